The van der Waals surface area contributed by atoms with Crippen molar-refractivity contribution in [2.24, 2.45) is 5.92 Å². The molecule has 0 radical (unpaired) electrons. The molecule has 0 aromatic carbocycles. The Labute approximate surface area is 110 Å². The fourth-order valence-electron chi connectivity index (χ4n) is 2.57. The lowest BCUT2D eigenvalue weighted by molar-refractivity contribution is 0.112. The molecule has 2 unspecified atom stereocenters. The lowest BCUT2D eigenvalue weighted by Gasteiger charge is -2.39. The van der Waals surface area contributed by atoms with Gasteiger partial charge in [-0.1, -0.05) is 41.0 Å². The van der Waals surface area contributed by atoms with Gasteiger partial charge in [-0.25, -0.2) is 0 Å². The molecule has 1 N–H and O–H groups in total. The van der Waals surface area contributed by atoms with E-state index in [1.54, 1.807) is 0 Å². The third-order valence-electron chi connectivity index (χ3n) is 3.25. The monoisotopic (exact) mass is 244 g/mol. The van der Waals surface area contributed by atoms with Gasteiger partial charge in [0.1, 0.15) is 0 Å². The van der Waals surface area contributed by atoms with Crippen LogP contribution in [0.2, 0.25) is 0 Å². The first kappa shape index (κ1) is 19.3. The maximum atomic E-state index is 3.32. The summed E-state index contributed by atoms with van der Waals surface area (Å²) in [6, 6.07) is 0.825. The van der Waals surface area contributed by atoms with Gasteiger partial charge in [-0.2, -0.15) is 0 Å². The fourth-order valence-corrected chi connectivity index (χ4v) is 2.57. The van der Waals surface area contributed by atoms with Crippen molar-refractivity contribution in [1.29, 1.82) is 0 Å². The molecule has 1 rings (SSSR count). The average Bonchev–Trinajstić information content (AvgIpc) is 2.39. The summed E-state index contributed by atoms with van der Waals surface area (Å²) in [6.07, 6.45) is 5.47. The molecule has 0 bridgehead atoms. The first-order valence-corrected chi connectivity index (χ1v) is 7.64. The zero-order valence-corrected chi connectivity index (χ0v) is 13.3. The molecule has 17 heavy (non-hydrogen) atoms. The van der Waals surface area contributed by atoms with E-state index in [2.05, 4.69) is 31.2 Å². The molecule has 2 atom stereocenters. The van der Waals surface area contributed by atoms with E-state index in [0.717, 1.165) is 12.0 Å². The van der Waals surface area contributed by atoms with E-state index in [1.165, 1.54) is 38.8 Å². The van der Waals surface area contributed by atoms with Crippen LogP contribution in [0, 0.1) is 5.92 Å². The molecule has 0 aromatic rings. The molecular weight excluding hydrogens is 208 g/mol. The van der Waals surface area contributed by atoms with Crippen molar-refractivity contribution in [2.45, 2.75) is 66.3 Å². The van der Waals surface area contributed by atoms with Crippen molar-refractivity contribution in [2.75, 3.05) is 27.2 Å². The van der Waals surface area contributed by atoms with Crippen LogP contribution in [-0.4, -0.2) is 38.1 Å². The zero-order chi connectivity index (χ0) is 13.7. The minimum absolute atomic E-state index is 0.825. The van der Waals surface area contributed by atoms with Crippen molar-refractivity contribution in [3.8, 4) is 0 Å². The Hall–Kier alpha value is -0.0800. The maximum absolute atomic E-state index is 3.32. The van der Waals surface area contributed by atoms with Crippen molar-refractivity contribution in [3.05, 3.63) is 0 Å². The van der Waals surface area contributed by atoms with Gasteiger partial charge in [-0.3, -0.25) is 0 Å². The minimum Gasteiger partial charge on any atom is -0.319 e. The lowest BCUT2D eigenvalue weighted by atomic mass is 9.87. The second kappa shape index (κ2) is 14.0. The topological polar surface area (TPSA) is 15.3 Å². The molecule has 1 aliphatic rings. The largest absolute Gasteiger partial charge is 0.319 e. The quantitative estimate of drug-likeness (QED) is 0.810. The first-order chi connectivity index (χ1) is 8.29. The van der Waals surface area contributed by atoms with Crippen LogP contribution in [0.4, 0.5) is 0 Å². The summed E-state index contributed by atoms with van der Waals surface area (Å²) in [7, 11) is 4.35. The van der Waals surface area contributed by atoms with E-state index in [0.29, 0.717) is 0 Å². The SMILES string of the molecule is CC.CC.CCCC1C(CNC)CCCN1C. The van der Waals surface area contributed by atoms with Gasteiger partial charge in [-0.05, 0) is 52.4 Å². The highest BCUT2D eigenvalue weighted by atomic mass is 15.1. The second-order valence-electron chi connectivity index (χ2n) is 4.30. The van der Waals surface area contributed by atoms with Crippen molar-refractivity contribution in [3.63, 3.8) is 0 Å². The molecule has 2 heteroatoms. The Balaban J connectivity index is 0. The predicted molar refractivity (Wildman–Crippen MR) is 80.7 cm³/mol. The third kappa shape index (κ3) is 7.77. The molecule has 1 heterocycles. The number of likely N-dealkylation sites (tertiary alicyclic amines) is 1. The second-order valence-corrected chi connectivity index (χ2v) is 4.30. The van der Waals surface area contributed by atoms with Gasteiger partial charge in [0.25, 0.3) is 0 Å². The van der Waals surface area contributed by atoms with Gasteiger partial charge in [0.2, 0.25) is 0 Å². The molecule has 0 aliphatic carbocycles. The van der Waals surface area contributed by atoms with Crippen LogP contribution in [0.5, 0.6) is 0 Å². The molecule has 0 spiro atoms. The van der Waals surface area contributed by atoms with Crippen LogP contribution in [-0.2, 0) is 0 Å². The Kier molecular flexibility index (Phi) is 15.8. The molecule has 2 nitrogen and oxygen atoms in total. The van der Waals surface area contributed by atoms with Gasteiger partial charge in [-0.15, -0.1) is 0 Å². The average molecular weight is 244 g/mol. The molecular formula is C15H36N2. The van der Waals surface area contributed by atoms with Gasteiger partial charge in [0, 0.05) is 6.04 Å². The smallest absolute Gasteiger partial charge is 0.0132 e. The summed E-state index contributed by atoms with van der Waals surface area (Å²) >= 11 is 0. The van der Waals surface area contributed by atoms with Gasteiger partial charge >= 0.3 is 0 Å². The van der Waals surface area contributed by atoms with Gasteiger partial charge in [0.15, 0.2) is 0 Å². The standard InChI is InChI=1S/C11H24N2.2C2H6/c1-4-6-11-10(9-12-2)7-5-8-13(11)3;2*1-2/h10-12H,4-9H2,1-3H3;2*1-2H3. The minimum atomic E-state index is 0.825. The summed E-state index contributed by atoms with van der Waals surface area (Å²) in [5.74, 6) is 0.878. The summed E-state index contributed by atoms with van der Waals surface area (Å²) in [4.78, 5) is 2.55. The third-order valence-corrected chi connectivity index (χ3v) is 3.25. The highest BCUT2D eigenvalue weighted by Crippen LogP contribution is 2.24. The van der Waals surface area contributed by atoms with E-state index in [1.807, 2.05) is 27.7 Å². The Morgan fingerprint density at radius 3 is 2.24 bits per heavy atom. The summed E-state index contributed by atoms with van der Waals surface area (Å²) in [5, 5.41) is 3.32. The molecule has 1 fully saturated rings. The summed E-state index contributed by atoms with van der Waals surface area (Å²) < 4.78 is 0. The van der Waals surface area contributed by atoms with Crippen molar-refractivity contribution in [1.82, 2.24) is 10.2 Å². The Morgan fingerprint density at radius 2 is 1.76 bits per heavy atom. The Morgan fingerprint density at radius 1 is 1.18 bits per heavy atom. The van der Waals surface area contributed by atoms with E-state index >= 15 is 0 Å². The molecule has 1 aliphatic heterocycles. The highest BCUT2D eigenvalue weighted by molar-refractivity contribution is 4.83. The van der Waals surface area contributed by atoms with Gasteiger partial charge < -0.3 is 10.2 Å². The fraction of sp³-hybridized carbons (Fsp3) is 1.00. The molecule has 0 aromatic heterocycles. The number of nitrogens with one attached hydrogen (secondary N) is 1. The summed E-state index contributed by atoms with van der Waals surface area (Å²) in [5.41, 5.74) is 0. The molecule has 0 saturated carbocycles. The molecule has 106 valence electrons. The first-order valence-electron chi connectivity index (χ1n) is 7.64. The Bertz CT molecular complexity index is 135. The van der Waals surface area contributed by atoms with Crippen LogP contribution in [0.3, 0.4) is 0 Å². The van der Waals surface area contributed by atoms with Crippen LogP contribution in [0.1, 0.15) is 60.3 Å². The predicted octanol–water partition coefficient (Wildman–Crippen LogP) is 3.77. The maximum Gasteiger partial charge on any atom is 0.0132 e. The van der Waals surface area contributed by atoms with E-state index in [9.17, 15) is 0 Å². The molecule has 1 saturated heterocycles. The number of hydrogen-bond acceptors (Lipinski definition) is 2. The van der Waals surface area contributed by atoms with E-state index < -0.39 is 0 Å². The lowest BCUT2D eigenvalue weighted by Crippen LogP contribution is -2.45. The van der Waals surface area contributed by atoms with Crippen LogP contribution in [0.25, 0.3) is 0 Å². The number of hydrogen-bond donors (Lipinski definition) is 1. The number of nitrogens with zero attached hydrogens (tertiary/aromatic N) is 1. The van der Waals surface area contributed by atoms with E-state index in [-0.39, 0.29) is 0 Å². The van der Waals surface area contributed by atoms with Crippen molar-refractivity contribution < 1.29 is 0 Å². The highest BCUT2D eigenvalue weighted by Gasteiger charge is 2.27. The zero-order valence-electron chi connectivity index (χ0n) is 13.3. The number of rotatable bonds is 4. The van der Waals surface area contributed by atoms with Gasteiger partial charge in [0.05, 0.1) is 0 Å². The molecule has 0 amide bonds. The van der Waals surface area contributed by atoms with E-state index in [4.69, 9.17) is 0 Å². The van der Waals surface area contributed by atoms with Crippen molar-refractivity contribution >= 4 is 0 Å². The van der Waals surface area contributed by atoms with Crippen LogP contribution in [0.15, 0.2) is 0 Å². The number of piperidine rings is 1. The van der Waals surface area contributed by atoms with Crippen LogP contribution < -0.4 is 5.32 Å². The van der Waals surface area contributed by atoms with Crippen LogP contribution >= 0.6 is 0 Å². The normalized spacial score (nSPS) is 24.2. The summed E-state index contributed by atoms with van der Waals surface area (Å²) in [6.45, 7) is 12.8.